The van der Waals surface area contributed by atoms with Crippen LogP contribution in [0, 0.1) is 0 Å². The van der Waals surface area contributed by atoms with E-state index in [1.54, 1.807) is 0 Å². The molecule has 0 saturated carbocycles. The highest BCUT2D eigenvalue weighted by atomic mass is 15.1. The van der Waals surface area contributed by atoms with Gasteiger partial charge in [-0.25, -0.2) is 0 Å². The second-order valence-electron chi connectivity index (χ2n) is 6.97. The van der Waals surface area contributed by atoms with Gasteiger partial charge in [0.05, 0.1) is 0 Å². The number of benzene rings is 4. The SMILES string of the molecule is CN(C)c1cccc(-c2cccc(-c3cccc(-c4ccccc4)c3)c2)c1. The third-order valence-corrected chi connectivity index (χ3v) is 4.86. The smallest absolute Gasteiger partial charge is 0.0367 e. The van der Waals surface area contributed by atoms with Gasteiger partial charge in [0, 0.05) is 19.8 Å². The van der Waals surface area contributed by atoms with Gasteiger partial charge in [-0.2, -0.15) is 0 Å². The first-order valence-corrected chi connectivity index (χ1v) is 9.24. The predicted molar refractivity (Wildman–Crippen MR) is 117 cm³/mol. The summed E-state index contributed by atoms with van der Waals surface area (Å²) in [7, 11) is 4.15. The summed E-state index contributed by atoms with van der Waals surface area (Å²) in [6, 6.07) is 36.7. The van der Waals surface area contributed by atoms with E-state index in [-0.39, 0.29) is 0 Å². The number of hydrogen-bond donors (Lipinski definition) is 0. The van der Waals surface area contributed by atoms with Crippen molar-refractivity contribution in [1.82, 2.24) is 0 Å². The normalized spacial score (nSPS) is 10.6. The van der Waals surface area contributed by atoms with E-state index in [1.165, 1.54) is 39.1 Å². The van der Waals surface area contributed by atoms with Gasteiger partial charge in [-0.05, 0) is 57.6 Å². The van der Waals surface area contributed by atoms with Crippen LogP contribution in [0.5, 0.6) is 0 Å². The van der Waals surface area contributed by atoms with Gasteiger partial charge in [0.1, 0.15) is 0 Å². The fraction of sp³-hybridized carbons (Fsp3) is 0.0769. The standard InChI is InChI=1S/C26H23N/c1-27(2)26-16-8-15-25(19-26)24-14-7-13-23(18-24)22-12-6-11-21(17-22)20-9-4-3-5-10-20/h3-19H,1-2H3. The maximum absolute atomic E-state index is 2.28. The van der Waals surface area contributed by atoms with Crippen molar-refractivity contribution >= 4 is 5.69 Å². The Hall–Kier alpha value is -3.32. The van der Waals surface area contributed by atoms with Crippen LogP contribution in [0.3, 0.4) is 0 Å². The quantitative estimate of drug-likeness (QED) is 0.394. The molecule has 0 radical (unpaired) electrons. The van der Waals surface area contributed by atoms with Crippen LogP contribution in [0.1, 0.15) is 0 Å². The van der Waals surface area contributed by atoms with Crippen LogP contribution in [0.15, 0.2) is 103 Å². The molecule has 0 fully saturated rings. The number of nitrogens with zero attached hydrogens (tertiary/aromatic N) is 1. The summed E-state index contributed by atoms with van der Waals surface area (Å²) >= 11 is 0. The molecule has 0 atom stereocenters. The maximum atomic E-state index is 2.28. The molecule has 4 rings (SSSR count). The van der Waals surface area contributed by atoms with Gasteiger partial charge in [0.2, 0.25) is 0 Å². The highest BCUT2D eigenvalue weighted by molar-refractivity contribution is 5.77. The molecule has 0 aromatic heterocycles. The molecule has 27 heavy (non-hydrogen) atoms. The molecule has 0 aliphatic rings. The van der Waals surface area contributed by atoms with Gasteiger partial charge >= 0.3 is 0 Å². The Morgan fingerprint density at radius 2 is 0.815 bits per heavy atom. The Morgan fingerprint density at radius 3 is 1.33 bits per heavy atom. The van der Waals surface area contributed by atoms with Crippen molar-refractivity contribution in [2.24, 2.45) is 0 Å². The van der Waals surface area contributed by atoms with E-state index in [4.69, 9.17) is 0 Å². The Kier molecular flexibility index (Phi) is 4.76. The van der Waals surface area contributed by atoms with Gasteiger partial charge in [0.15, 0.2) is 0 Å². The lowest BCUT2D eigenvalue weighted by atomic mass is 9.96. The van der Waals surface area contributed by atoms with Crippen molar-refractivity contribution in [2.45, 2.75) is 0 Å². The van der Waals surface area contributed by atoms with E-state index >= 15 is 0 Å². The molecule has 0 unspecified atom stereocenters. The molecule has 0 spiro atoms. The van der Waals surface area contributed by atoms with E-state index in [9.17, 15) is 0 Å². The minimum Gasteiger partial charge on any atom is -0.378 e. The van der Waals surface area contributed by atoms with Crippen LogP contribution in [-0.2, 0) is 0 Å². The molecule has 0 aliphatic carbocycles. The molecule has 4 aromatic carbocycles. The summed E-state index contributed by atoms with van der Waals surface area (Å²) in [6.07, 6.45) is 0. The Morgan fingerprint density at radius 1 is 0.407 bits per heavy atom. The monoisotopic (exact) mass is 349 g/mol. The van der Waals surface area contributed by atoms with Crippen LogP contribution in [0.2, 0.25) is 0 Å². The predicted octanol–water partition coefficient (Wildman–Crippen LogP) is 6.75. The molecule has 0 N–H and O–H groups in total. The lowest BCUT2D eigenvalue weighted by Gasteiger charge is -2.14. The molecular weight excluding hydrogens is 326 g/mol. The third kappa shape index (κ3) is 3.78. The Balaban J connectivity index is 1.72. The average Bonchev–Trinajstić information content (AvgIpc) is 2.75. The van der Waals surface area contributed by atoms with Crippen molar-refractivity contribution in [3.8, 4) is 33.4 Å². The second-order valence-corrected chi connectivity index (χ2v) is 6.97. The molecule has 1 nitrogen and oxygen atoms in total. The second kappa shape index (κ2) is 7.51. The average molecular weight is 349 g/mol. The zero-order chi connectivity index (χ0) is 18.6. The van der Waals surface area contributed by atoms with Crippen molar-refractivity contribution in [3.63, 3.8) is 0 Å². The number of rotatable bonds is 4. The highest BCUT2D eigenvalue weighted by Gasteiger charge is 2.05. The van der Waals surface area contributed by atoms with Crippen LogP contribution in [-0.4, -0.2) is 14.1 Å². The molecular formula is C26H23N. The lowest BCUT2D eigenvalue weighted by Crippen LogP contribution is -2.08. The summed E-state index contributed by atoms with van der Waals surface area (Å²) in [5.74, 6) is 0. The van der Waals surface area contributed by atoms with Gasteiger partial charge in [-0.1, -0.05) is 78.9 Å². The molecule has 0 heterocycles. The Labute approximate surface area is 161 Å². The van der Waals surface area contributed by atoms with Crippen molar-refractivity contribution in [3.05, 3.63) is 103 Å². The minimum atomic E-state index is 1.21. The molecule has 132 valence electrons. The van der Waals surface area contributed by atoms with Crippen molar-refractivity contribution in [1.29, 1.82) is 0 Å². The van der Waals surface area contributed by atoms with Gasteiger partial charge in [-0.15, -0.1) is 0 Å². The van der Waals surface area contributed by atoms with Crippen molar-refractivity contribution in [2.75, 3.05) is 19.0 Å². The summed E-state index contributed by atoms with van der Waals surface area (Å²) in [5, 5.41) is 0. The minimum absolute atomic E-state index is 1.21. The Bertz CT molecular complexity index is 1050. The van der Waals surface area contributed by atoms with Gasteiger partial charge in [-0.3, -0.25) is 0 Å². The van der Waals surface area contributed by atoms with Gasteiger partial charge in [0.25, 0.3) is 0 Å². The third-order valence-electron chi connectivity index (χ3n) is 4.86. The molecule has 4 aromatic rings. The molecule has 0 bridgehead atoms. The van der Waals surface area contributed by atoms with Crippen molar-refractivity contribution < 1.29 is 0 Å². The molecule has 0 amide bonds. The number of hydrogen-bond acceptors (Lipinski definition) is 1. The van der Waals surface area contributed by atoms with E-state index in [0.717, 1.165) is 0 Å². The van der Waals surface area contributed by atoms with E-state index < -0.39 is 0 Å². The molecule has 1 heteroatoms. The zero-order valence-corrected chi connectivity index (χ0v) is 15.8. The first-order chi connectivity index (χ1) is 13.2. The maximum Gasteiger partial charge on any atom is 0.0367 e. The fourth-order valence-electron chi connectivity index (χ4n) is 3.35. The summed E-state index contributed by atoms with van der Waals surface area (Å²) < 4.78 is 0. The van der Waals surface area contributed by atoms with Gasteiger partial charge < -0.3 is 4.90 Å². The fourth-order valence-corrected chi connectivity index (χ4v) is 3.35. The summed E-state index contributed by atoms with van der Waals surface area (Å²) in [4.78, 5) is 2.14. The van der Waals surface area contributed by atoms with E-state index in [0.29, 0.717) is 0 Å². The first kappa shape index (κ1) is 17.1. The van der Waals surface area contributed by atoms with Crippen LogP contribution >= 0.6 is 0 Å². The summed E-state index contributed by atoms with van der Waals surface area (Å²) in [6.45, 7) is 0. The zero-order valence-electron chi connectivity index (χ0n) is 15.8. The van der Waals surface area contributed by atoms with Crippen LogP contribution in [0.25, 0.3) is 33.4 Å². The van der Waals surface area contributed by atoms with Crippen LogP contribution < -0.4 is 4.90 Å². The van der Waals surface area contributed by atoms with E-state index in [2.05, 4.69) is 122 Å². The topological polar surface area (TPSA) is 3.24 Å². The molecule has 0 saturated heterocycles. The highest BCUT2D eigenvalue weighted by Crippen LogP contribution is 2.30. The molecule has 0 aliphatic heterocycles. The van der Waals surface area contributed by atoms with Crippen LogP contribution in [0.4, 0.5) is 5.69 Å². The lowest BCUT2D eigenvalue weighted by molar-refractivity contribution is 1.13. The summed E-state index contributed by atoms with van der Waals surface area (Å²) in [5.41, 5.74) is 8.65. The first-order valence-electron chi connectivity index (χ1n) is 9.24. The van der Waals surface area contributed by atoms with E-state index in [1.807, 2.05) is 0 Å². The number of anilines is 1. The largest absolute Gasteiger partial charge is 0.378 e.